The Balaban J connectivity index is 2.90. The highest BCUT2D eigenvalue weighted by Gasteiger charge is 2.04. The highest BCUT2D eigenvalue weighted by molar-refractivity contribution is 7.22. The lowest BCUT2D eigenvalue weighted by Gasteiger charge is -1.95. The number of rotatable bonds is 0. The van der Waals surface area contributed by atoms with Crippen LogP contribution in [-0.2, 0) is 0 Å². The standard InChI is InChI=1S/C10H8N2S/c1-6-2-7(5-11)8-4-10(12)13-9(8)3-6/h2-4H,12H2,1H3. The zero-order valence-electron chi connectivity index (χ0n) is 7.16. The molecule has 0 aliphatic rings. The van der Waals surface area contributed by atoms with E-state index in [4.69, 9.17) is 11.0 Å². The van der Waals surface area contributed by atoms with Gasteiger partial charge in [0.25, 0.3) is 0 Å². The van der Waals surface area contributed by atoms with Crippen LogP contribution in [0.2, 0.25) is 0 Å². The summed E-state index contributed by atoms with van der Waals surface area (Å²) in [6.45, 7) is 1.98. The van der Waals surface area contributed by atoms with Crippen LogP contribution >= 0.6 is 11.3 Å². The number of anilines is 1. The average molecular weight is 188 g/mol. The zero-order chi connectivity index (χ0) is 9.42. The Labute approximate surface area is 80.2 Å². The van der Waals surface area contributed by atoms with Gasteiger partial charge in [-0.05, 0) is 30.7 Å². The number of nitriles is 1. The molecule has 1 heterocycles. The van der Waals surface area contributed by atoms with Gasteiger partial charge in [0.15, 0.2) is 0 Å². The van der Waals surface area contributed by atoms with E-state index in [-0.39, 0.29) is 0 Å². The number of benzene rings is 1. The first-order chi connectivity index (χ1) is 6.20. The predicted molar refractivity (Wildman–Crippen MR) is 55.7 cm³/mol. The third-order valence-corrected chi connectivity index (χ3v) is 2.83. The first kappa shape index (κ1) is 8.09. The van der Waals surface area contributed by atoms with Crippen LogP contribution in [0.3, 0.4) is 0 Å². The Hall–Kier alpha value is -1.53. The van der Waals surface area contributed by atoms with Crippen LogP contribution in [0.4, 0.5) is 5.00 Å². The Morgan fingerprint density at radius 2 is 2.15 bits per heavy atom. The number of thiophene rings is 1. The van der Waals surface area contributed by atoms with Gasteiger partial charge in [-0.25, -0.2) is 0 Å². The Kier molecular flexibility index (Phi) is 1.71. The molecule has 13 heavy (non-hydrogen) atoms. The minimum atomic E-state index is 0.711. The predicted octanol–water partition coefficient (Wildman–Crippen LogP) is 2.66. The number of aryl methyl sites for hydroxylation is 1. The van der Waals surface area contributed by atoms with Crippen LogP contribution in [0.1, 0.15) is 11.1 Å². The van der Waals surface area contributed by atoms with E-state index in [0.29, 0.717) is 5.56 Å². The summed E-state index contributed by atoms with van der Waals surface area (Å²) in [5.74, 6) is 0. The van der Waals surface area contributed by atoms with Crippen molar-refractivity contribution in [3.8, 4) is 6.07 Å². The molecule has 2 nitrogen and oxygen atoms in total. The van der Waals surface area contributed by atoms with Gasteiger partial charge in [-0.1, -0.05) is 0 Å². The fraction of sp³-hybridized carbons (Fsp3) is 0.100. The summed E-state index contributed by atoms with van der Waals surface area (Å²) in [6, 6.07) is 7.97. The van der Waals surface area contributed by atoms with E-state index in [1.165, 1.54) is 11.3 Å². The molecule has 0 radical (unpaired) electrons. The largest absolute Gasteiger partial charge is 0.391 e. The van der Waals surface area contributed by atoms with Gasteiger partial charge in [0.05, 0.1) is 16.6 Å². The molecule has 2 rings (SSSR count). The van der Waals surface area contributed by atoms with E-state index < -0.39 is 0 Å². The minimum Gasteiger partial charge on any atom is -0.391 e. The third-order valence-electron chi connectivity index (χ3n) is 1.92. The monoisotopic (exact) mass is 188 g/mol. The molecule has 1 aromatic carbocycles. The Bertz CT molecular complexity index is 505. The van der Waals surface area contributed by atoms with Crippen molar-refractivity contribution in [1.82, 2.24) is 0 Å². The van der Waals surface area contributed by atoms with Gasteiger partial charge < -0.3 is 5.73 Å². The summed E-state index contributed by atoms with van der Waals surface area (Å²) >= 11 is 1.52. The fourth-order valence-electron chi connectivity index (χ4n) is 1.39. The maximum atomic E-state index is 8.88. The Morgan fingerprint density at radius 1 is 1.38 bits per heavy atom. The van der Waals surface area contributed by atoms with Gasteiger partial charge in [0, 0.05) is 10.1 Å². The van der Waals surface area contributed by atoms with Gasteiger partial charge in [-0.3, -0.25) is 0 Å². The van der Waals surface area contributed by atoms with E-state index in [1.807, 2.05) is 19.1 Å². The summed E-state index contributed by atoms with van der Waals surface area (Å²) in [5.41, 5.74) is 7.49. The molecule has 2 N–H and O–H groups in total. The van der Waals surface area contributed by atoms with Gasteiger partial charge in [-0.2, -0.15) is 5.26 Å². The van der Waals surface area contributed by atoms with Crippen LogP contribution in [0, 0.1) is 18.3 Å². The number of nitrogens with zero attached hydrogens (tertiary/aromatic N) is 1. The third kappa shape index (κ3) is 1.25. The summed E-state index contributed by atoms with van der Waals surface area (Å²) in [5, 5.41) is 10.6. The number of fused-ring (bicyclic) bond motifs is 1. The molecule has 0 saturated carbocycles. The van der Waals surface area contributed by atoms with Crippen molar-refractivity contribution in [2.45, 2.75) is 6.92 Å². The van der Waals surface area contributed by atoms with Crippen LogP contribution in [0.5, 0.6) is 0 Å². The second kappa shape index (κ2) is 2.75. The lowest BCUT2D eigenvalue weighted by molar-refractivity contribution is 1.46. The van der Waals surface area contributed by atoms with Crippen molar-refractivity contribution < 1.29 is 0 Å². The topological polar surface area (TPSA) is 49.8 Å². The number of hydrogen-bond donors (Lipinski definition) is 1. The first-order valence-electron chi connectivity index (χ1n) is 3.90. The van der Waals surface area contributed by atoms with Gasteiger partial charge in [0.1, 0.15) is 0 Å². The summed E-state index contributed by atoms with van der Waals surface area (Å²) in [4.78, 5) is 0. The molecule has 0 amide bonds. The molecule has 0 saturated heterocycles. The van der Waals surface area contributed by atoms with Crippen LogP contribution in [0.25, 0.3) is 10.1 Å². The quantitative estimate of drug-likeness (QED) is 0.691. The molecule has 0 bridgehead atoms. The molecule has 0 spiro atoms. The van der Waals surface area contributed by atoms with E-state index in [0.717, 1.165) is 20.7 Å². The molecule has 2 aromatic rings. The molecule has 3 heteroatoms. The van der Waals surface area contributed by atoms with Crippen molar-refractivity contribution in [3.05, 3.63) is 29.3 Å². The van der Waals surface area contributed by atoms with Crippen LogP contribution < -0.4 is 5.73 Å². The van der Waals surface area contributed by atoms with Crippen LogP contribution in [-0.4, -0.2) is 0 Å². The number of nitrogens with two attached hydrogens (primary N) is 1. The summed E-state index contributed by atoms with van der Waals surface area (Å²) < 4.78 is 1.09. The summed E-state index contributed by atoms with van der Waals surface area (Å²) in [6.07, 6.45) is 0. The molecule has 0 aliphatic carbocycles. The Morgan fingerprint density at radius 3 is 2.85 bits per heavy atom. The second-order valence-corrected chi connectivity index (χ2v) is 4.10. The molecular formula is C10H8N2S. The maximum absolute atomic E-state index is 8.88. The lowest BCUT2D eigenvalue weighted by Crippen LogP contribution is -1.78. The molecule has 0 aliphatic heterocycles. The molecule has 0 unspecified atom stereocenters. The molecule has 0 fully saturated rings. The van der Waals surface area contributed by atoms with Gasteiger partial charge in [-0.15, -0.1) is 11.3 Å². The summed E-state index contributed by atoms with van der Waals surface area (Å²) in [7, 11) is 0. The molecule has 0 atom stereocenters. The van der Waals surface area contributed by atoms with Gasteiger partial charge in [0.2, 0.25) is 0 Å². The van der Waals surface area contributed by atoms with E-state index in [2.05, 4.69) is 12.1 Å². The second-order valence-electron chi connectivity index (χ2n) is 2.98. The van der Waals surface area contributed by atoms with E-state index in [9.17, 15) is 0 Å². The van der Waals surface area contributed by atoms with Crippen molar-refractivity contribution in [2.24, 2.45) is 0 Å². The van der Waals surface area contributed by atoms with Crippen LogP contribution in [0.15, 0.2) is 18.2 Å². The van der Waals surface area contributed by atoms with E-state index >= 15 is 0 Å². The maximum Gasteiger partial charge on any atom is 0.0998 e. The lowest BCUT2D eigenvalue weighted by atomic mass is 10.1. The normalized spacial score (nSPS) is 10.2. The first-order valence-corrected chi connectivity index (χ1v) is 4.72. The highest BCUT2D eigenvalue weighted by Crippen LogP contribution is 2.30. The fourth-order valence-corrected chi connectivity index (χ4v) is 2.34. The van der Waals surface area contributed by atoms with Crippen molar-refractivity contribution in [1.29, 1.82) is 5.26 Å². The minimum absolute atomic E-state index is 0.711. The van der Waals surface area contributed by atoms with Gasteiger partial charge >= 0.3 is 0 Å². The number of nitrogen functional groups attached to an aromatic ring is 1. The van der Waals surface area contributed by atoms with Crippen molar-refractivity contribution in [3.63, 3.8) is 0 Å². The SMILES string of the molecule is Cc1cc(C#N)c2cc(N)sc2c1. The smallest absolute Gasteiger partial charge is 0.0998 e. The van der Waals surface area contributed by atoms with E-state index in [1.54, 1.807) is 0 Å². The highest BCUT2D eigenvalue weighted by atomic mass is 32.1. The molecule has 1 aromatic heterocycles. The zero-order valence-corrected chi connectivity index (χ0v) is 7.98. The molecular weight excluding hydrogens is 180 g/mol. The average Bonchev–Trinajstić information content (AvgIpc) is 2.43. The van der Waals surface area contributed by atoms with Crippen molar-refractivity contribution >= 4 is 26.4 Å². The number of hydrogen-bond acceptors (Lipinski definition) is 3. The molecule has 64 valence electrons. The van der Waals surface area contributed by atoms with Crippen molar-refractivity contribution in [2.75, 3.05) is 5.73 Å².